The number of nitrogens with one attached hydrogen (secondary N) is 1. The monoisotopic (exact) mass is 530 g/mol. The SMILES string of the molecule is NCCCC[C@H](NC(=O)OCC1c2ccccc2-c2ccccc21)C(=S)n1nnc2ccc([N+](=O)[O-])cc21. The Morgan fingerprint density at radius 3 is 2.45 bits per heavy atom. The fourth-order valence-electron chi connectivity index (χ4n) is 4.86. The van der Waals surface area contributed by atoms with Crippen LogP contribution in [0.4, 0.5) is 10.5 Å². The molecule has 0 unspecified atom stereocenters. The first-order valence-electron chi connectivity index (χ1n) is 12.3. The number of rotatable bonds is 9. The van der Waals surface area contributed by atoms with Crippen molar-refractivity contribution in [3.8, 4) is 11.1 Å². The molecule has 0 radical (unpaired) electrons. The molecule has 1 atom stereocenters. The lowest BCUT2D eigenvalue weighted by Gasteiger charge is -2.21. The van der Waals surface area contributed by atoms with E-state index in [0.29, 0.717) is 30.4 Å². The van der Waals surface area contributed by atoms with Gasteiger partial charge in [0.2, 0.25) is 0 Å². The number of carbonyl (C=O) groups is 1. The molecule has 0 saturated heterocycles. The number of nitro benzene ring substituents is 1. The lowest BCUT2D eigenvalue weighted by molar-refractivity contribution is -0.384. The van der Waals surface area contributed by atoms with Crippen molar-refractivity contribution < 1.29 is 14.5 Å². The Balaban J connectivity index is 1.33. The van der Waals surface area contributed by atoms with E-state index in [2.05, 4.69) is 39.9 Å². The van der Waals surface area contributed by atoms with Crippen molar-refractivity contribution in [2.45, 2.75) is 31.2 Å². The Labute approximate surface area is 223 Å². The minimum atomic E-state index is -0.614. The molecule has 0 fully saturated rings. The summed E-state index contributed by atoms with van der Waals surface area (Å²) in [5, 5.41) is 22.3. The number of amides is 1. The second-order valence-electron chi connectivity index (χ2n) is 9.08. The first kappa shape index (κ1) is 25.4. The van der Waals surface area contributed by atoms with E-state index in [1.807, 2.05) is 24.3 Å². The lowest BCUT2D eigenvalue weighted by Crippen LogP contribution is -2.43. The lowest BCUT2D eigenvalue weighted by atomic mass is 9.98. The fraction of sp³-hybridized carbons (Fsp3) is 0.259. The van der Waals surface area contributed by atoms with Crippen LogP contribution in [0.2, 0.25) is 0 Å². The second-order valence-corrected chi connectivity index (χ2v) is 9.49. The first-order valence-corrected chi connectivity index (χ1v) is 12.7. The zero-order valence-electron chi connectivity index (χ0n) is 20.4. The highest BCUT2D eigenvalue weighted by Gasteiger charge is 2.30. The third kappa shape index (κ3) is 4.98. The van der Waals surface area contributed by atoms with E-state index < -0.39 is 17.1 Å². The second kappa shape index (κ2) is 11.0. The van der Waals surface area contributed by atoms with Gasteiger partial charge in [0.1, 0.15) is 22.6 Å². The number of nitro groups is 1. The summed E-state index contributed by atoms with van der Waals surface area (Å²) in [7, 11) is 0. The summed E-state index contributed by atoms with van der Waals surface area (Å²) < 4.78 is 7.07. The third-order valence-corrected chi connectivity index (χ3v) is 7.19. The van der Waals surface area contributed by atoms with Crippen LogP contribution in [0.15, 0.2) is 66.7 Å². The average Bonchev–Trinajstić information content (AvgIpc) is 3.50. The van der Waals surface area contributed by atoms with E-state index in [4.69, 9.17) is 22.7 Å². The largest absolute Gasteiger partial charge is 0.449 e. The number of nitrogens with two attached hydrogens (primary N) is 1. The molecule has 11 heteroatoms. The van der Waals surface area contributed by atoms with Gasteiger partial charge in [-0.15, -0.1) is 5.10 Å². The number of alkyl carbamates (subject to hydrolysis) is 1. The Bertz CT molecular complexity index is 1470. The van der Waals surface area contributed by atoms with Gasteiger partial charge in [0, 0.05) is 18.1 Å². The summed E-state index contributed by atoms with van der Waals surface area (Å²) in [5.74, 6) is -0.0735. The van der Waals surface area contributed by atoms with Gasteiger partial charge in [0.25, 0.3) is 5.69 Å². The number of non-ortho nitro benzene ring substituents is 1. The van der Waals surface area contributed by atoms with Crippen LogP contribution in [-0.4, -0.2) is 50.2 Å². The summed E-state index contributed by atoms with van der Waals surface area (Å²) in [4.78, 5) is 24.0. The van der Waals surface area contributed by atoms with Crippen LogP contribution in [0.1, 0.15) is 36.3 Å². The highest BCUT2D eigenvalue weighted by atomic mass is 32.1. The number of ether oxygens (including phenoxy) is 1. The summed E-state index contributed by atoms with van der Waals surface area (Å²) in [6.45, 7) is 0.670. The summed E-state index contributed by atoms with van der Waals surface area (Å²) >= 11 is 5.68. The van der Waals surface area contributed by atoms with E-state index in [1.165, 1.54) is 22.9 Å². The van der Waals surface area contributed by atoms with Gasteiger partial charge in [-0.1, -0.05) is 66.0 Å². The van der Waals surface area contributed by atoms with E-state index in [9.17, 15) is 14.9 Å². The van der Waals surface area contributed by atoms with Gasteiger partial charge < -0.3 is 15.8 Å². The first-order chi connectivity index (χ1) is 18.5. The van der Waals surface area contributed by atoms with Crippen LogP contribution in [0, 0.1) is 10.1 Å². The Morgan fingerprint density at radius 1 is 1.11 bits per heavy atom. The van der Waals surface area contributed by atoms with Crippen LogP contribution in [0.25, 0.3) is 22.2 Å². The molecule has 4 aromatic rings. The topological polar surface area (TPSA) is 138 Å². The number of benzene rings is 3. The Hall–Kier alpha value is -4.22. The van der Waals surface area contributed by atoms with Crippen molar-refractivity contribution in [3.63, 3.8) is 0 Å². The molecule has 1 aromatic heterocycles. The van der Waals surface area contributed by atoms with Crippen LogP contribution in [-0.2, 0) is 4.74 Å². The number of hydrogen-bond acceptors (Lipinski definition) is 8. The highest BCUT2D eigenvalue weighted by Crippen LogP contribution is 2.44. The number of nitrogens with zero attached hydrogens (tertiary/aromatic N) is 4. The minimum Gasteiger partial charge on any atom is -0.449 e. The van der Waals surface area contributed by atoms with Crippen LogP contribution < -0.4 is 11.1 Å². The van der Waals surface area contributed by atoms with Crippen LogP contribution >= 0.6 is 12.2 Å². The number of carbonyl (C=O) groups excluding carboxylic acids is 1. The van der Waals surface area contributed by atoms with Crippen LogP contribution in [0.5, 0.6) is 0 Å². The maximum absolute atomic E-state index is 13.0. The minimum absolute atomic E-state index is 0.0735. The smallest absolute Gasteiger partial charge is 0.407 e. The molecule has 5 rings (SSSR count). The fourth-order valence-corrected chi connectivity index (χ4v) is 5.18. The maximum atomic E-state index is 13.0. The van der Waals surface area contributed by atoms with Gasteiger partial charge in [-0.05, 0) is 54.1 Å². The van der Waals surface area contributed by atoms with E-state index in [0.717, 1.165) is 28.7 Å². The molecule has 0 spiro atoms. The van der Waals surface area contributed by atoms with E-state index in [-0.39, 0.29) is 23.2 Å². The van der Waals surface area contributed by atoms with Gasteiger partial charge in [-0.25, -0.2) is 9.48 Å². The van der Waals surface area contributed by atoms with Gasteiger partial charge >= 0.3 is 6.09 Å². The zero-order chi connectivity index (χ0) is 26.6. The van der Waals surface area contributed by atoms with Crippen molar-refractivity contribution >= 4 is 40.0 Å². The molecule has 0 saturated carbocycles. The average molecular weight is 531 g/mol. The maximum Gasteiger partial charge on any atom is 0.407 e. The normalized spacial score (nSPS) is 13.1. The van der Waals surface area contributed by atoms with Gasteiger partial charge in [-0.3, -0.25) is 10.1 Å². The molecule has 1 aliphatic rings. The predicted molar refractivity (Wildman–Crippen MR) is 147 cm³/mol. The molecule has 3 N–H and O–H groups in total. The van der Waals surface area contributed by atoms with Gasteiger partial charge in [0.05, 0.1) is 11.0 Å². The zero-order valence-corrected chi connectivity index (χ0v) is 21.3. The Morgan fingerprint density at radius 2 is 1.79 bits per heavy atom. The summed E-state index contributed by atoms with van der Waals surface area (Å²) in [6, 6.07) is 19.9. The molecule has 194 valence electrons. The molecular formula is C27H26N6O4S. The molecular weight excluding hydrogens is 504 g/mol. The number of fused-ring (bicyclic) bond motifs is 4. The number of aromatic nitrogens is 3. The molecule has 0 aliphatic heterocycles. The van der Waals surface area contributed by atoms with E-state index in [1.54, 1.807) is 0 Å². The molecule has 0 bridgehead atoms. The van der Waals surface area contributed by atoms with Crippen molar-refractivity contribution in [3.05, 3.63) is 88.0 Å². The standard InChI is InChI=1S/C27H26N6O4S/c28-14-6-5-11-24(26(38)32-25-15-17(33(35)36)12-13-23(25)30-31-32)29-27(34)37-16-22-20-9-3-1-7-18(20)19-8-2-4-10-21(19)22/h1-4,7-10,12-13,15,22,24H,5-6,11,14,16,28H2,(H,29,34)/t24-/m0/s1. The summed E-state index contributed by atoms with van der Waals surface area (Å²) in [5.41, 5.74) is 10.9. The van der Waals surface area contributed by atoms with Crippen molar-refractivity contribution in [1.29, 1.82) is 0 Å². The molecule has 10 nitrogen and oxygen atoms in total. The van der Waals surface area contributed by atoms with Crippen molar-refractivity contribution in [2.24, 2.45) is 5.73 Å². The molecule has 1 aliphatic carbocycles. The van der Waals surface area contributed by atoms with Crippen LogP contribution in [0.3, 0.4) is 0 Å². The Kier molecular flexibility index (Phi) is 7.38. The molecule has 1 amide bonds. The van der Waals surface area contributed by atoms with Gasteiger partial charge in [-0.2, -0.15) is 0 Å². The number of hydrogen-bond donors (Lipinski definition) is 2. The molecule has 1 heterocycles. The predicted octanol–water partition coefficient (Wildman–Crippen LogP) is 4.55. The molecule has 38 heavy (non-hydrogen) atoms. The van der Waals surface area contributed by atoms with Gasteiger partial charge in [0.15, 0.2) is 0 Å². The number of thiocarbonyl (C=S) groups is 1. The van der Waals surface area contributed by atoms with Crippen molar-refractivity contribution in [2.75, 3.05) is 13.2 Å². The molecule has 3 aromatic carbocycles. The number of unbranched alkanes of at least 4 members (excludes halogenated alkanes) is 1. The highest BCUT2D eigenvalue weighted by molar-refractivity contribution is 7.80. The third-order valence-electron chi connectivity index (χ3n) is 6.73. The quantitative estimate of drug-likeness (QED) is 0.139. The summed E-state index contributed by atoms with van der Waals surface area (Å²) in [6.07, 6.45) is 1.34. The van der Waals surface area contributed by atoms with Crippen molar-refractivity contribution in [1.82, 2.24) is 20.3 Å². The van der Waals surface area contributed by atoms with E-state index >= 15 is 0 Å².